The number of nitrogens with one attached hydrogen (secondary N) is 1. The summed E-state index contributed by atoms with van der Waals surface area (Å²) in [6.45, 7) is 0.0739. The third-order valence-electron chi connectivity index (χ3n) is 4.78. The molecule has 4 aromatic rings. The van der Waals surface area contributed by atoms with Crippen LogP contribution in [0.5, 0.6) is 0 Å². The Balaban J connectivity index is 1.56. The molecule has 0 bridgehead atoms. The van der Waals surface area contributed by atoms with Crippen molar-refractivity contribution in [1.82, 2.24) is 20.1 Å². The van der Waals surface area contributed by atoms with E-state index in [1.807, 2.05) is 24.3 Å². The van der Waals surface area contributed by atoms with Crippen molar-refractivity contribution in [2.45, 2.75) is 11.7 Å². The lowest BCUT2D eigenvalue weighted by Gasteiger charge is -2.12. The van der Waals surface area contributed by atoms with Crippen LogP contribution < -0.4 is 5.32 Å². The first kappa shape index (κ1) is 24.3. The summed E-state index contributed by atoms with van der Waals surface area (Å²) in [5.41, 5.74) is 1.63. The molecule has 0 unspecified atom stereocenters. The van der Waals surface area contributed by atoms with Crippen molar-refractivity contribution in [1.29, 1.82) is 0 Å². The Bertz CT molecular complexity index is 1350. The van der Waals surface area contributed by atoms with Crippen molar-refractivity contribution in [2.75, 3.05) is 5.75 Å². The molecule has 34 heavy (non-hydrogen) atoms. The normalized spacial score (nSPS) is 10.8. The van der Waals surface area contributed by atoms with Gasteiger partial charge in [-0.3, -0.25) is 14.2 Å². The van der Waals surface area contributed by atoms with Crippen LogP contribution >= 0.6 is 46.6 Å². The Morgan fingerprint density at radius 1 is 0.882 bits per heavy atom. The molecule has 0 aliphatic rings. The molecule has 1 aromatic heterocycles. The molecule has 1 N–H and O–H groups in total. The van der Waals surface area contributed by atoms with Crippen molar-refractivity contribution >= 4 is 58.3 Å². The quantitative estimate of drug-likeness (QED) is 0.218. The molecule has 0 saturated carbocycles. The van der Waals surface area contributed by atoms with Gasteiger partial charge in [-0.15, -0.1) is 10.2 Å². The predicted octanol–water partition coefficient (Wildman–Crippen LogP) is 6.13. The Morgan fingerprint density at radius 3 is 2.38 bits per heavy atom. The summed E-state index contributed by atoms with van der Waals surface area (Å²) in [7, 11) is 0. The van der Waals surface area contributed by atoms with Gasteiger partial charge < -0.3 is 5.32 Å². The van der Waals surface area contributed by atoms with Crippen LogP contribution in [0.4, 0.5) is 0 Å². The monoisotopic (exact) mass is 530 g/mol. The number of thioether (sulfide) groups is 1. The van der Waals surface area contributed by atoms with Crippen LogP contribution in [0.15, 0.2) is 78.0 Å². The Labute approximate surface area is 215 Å². The van der Waals surface area contributed by atoms with E-state index >= 15 is 0 Å². The average molecular weight is 532 g/mol. The van der Waals surface area contributed by atoms with Crippen molar-refractivity contribution in [3.8, 4) is 5.69 Å². The maximum atomic E-state index is 12.7. The first-order valence-corrected chi connectivity index (χ1v) is 12.2. The number of carbonyl (C=O) groups is 2. The topological polar surface area (TPSA) is 76.9 Å². The number of hydrogen-bond acceptors (Lipinski definition) is 5. The van der Waals surface area contributed by atoms with Gasteiger partial charge in [-0.25, -0.2) is 0 Å². The van der Waals surface area contributed by atoms with E-state index in [1.54, 1.807) is 47.0 Å². The number of amides is 1. The van der Waals surface area contributed by atoms with E-state index in [1.165, 1.54) is 17.8 Å². The zero-order chi connectivity index (χ0) is 24.1. The van der Waals surface area contributed by atoms with Gasteiger partial charge in [0, 0.05) is 15.6 Å². The first-order chi connectivity index (χ1) is 16.4. The fourth-order valence-corrected chi connectivity index (χ4v) is 4.69. The van der Waals surface area contributed by atoms with Crippen LogP contribution in [0.25, 0.3) is 5.69 Å². The van der Waals surface area contributed by atoms with Gasteiger partial charge in [0.25, 0.3) is 5.91 Å². The Morgan fingerprint density at radius 2 is 1.65 bits per heavy atom. The first-order valence-electron chi connectivity index (χ1n) is 10.1. The van der Waals surface area contributed by atoms with Crippen LogP contribution in [0.1, 0.15) is 26.5 Å². The van der Waals surface area contributed by atoms with E-state index in [-0.39, 0.29) is 29.0 Å². The molecule has 0 saturated heterocycles. The molecule has 0 atom stereocenters. The summed E-state index contributed by atoms with van der Waals surface area (Å²) in [6, 6.07) is 20.9. The average Bonchev–Trinajstić information content (AvgIpc) is 3.24. The van der Waals surface area contributed by atoms with Gasteiger partial charge in [-0.2, -0.15) is 0 Å². The Kier molecular flexibility index (Phi) is 7.90. The molecule has 0 fully saturated rings. The van der Waals surface area contributed by atoms with Crippen LogP contribution in [0, 0.1) is 0 Å². The highest BCUT2D eigenvalue weighted by molar-refractivity contribution is 7.99. The molecular formula is C24H17Cl3N4O2S. The van der Waals surface area contributed by atoms with Crippen molar-refractivity contribution in [3.63, 3.8) is 0 Å². The van der Waals surface area contributed by atoms with Gasteiger partial charge in [0.2, 0.25) is 0 Å². The standard InChI is InChI=1S/C24H17Cl3N4O2S/c25-16-7-4-8-18(11-16)31-22(13-28-23(33)19-10-9-17(26)12-20(19)27)29-30-24(31)34-14-21(32)15-5-2-1-3-6-15/h1-12H,13-14H2,(H,28,33). The number of aromatic nitrogens is 3. The SMILES string of the molecule is O=C(CSc1nnc(CNC(=O)c2ccc(Cl)cc2Cl)n1-c1cccc(Cl)c1)c1ccccc1. The highest BCUT2D eigenvalue weighted by Gasteiger charge is 2.18. The van der Waals surface area contributed by atoms with Crippen LogP contribution in [0.3, 0.4) is 0 Å². The van der Waals surface area contributed by atoms with E-state index in [0.717, 1.165) is 0 Å². The maximum absolute atomic E-state index is 12.7. The number of halogens is 3. The van der Waals surface area contributed by atoms with Crippen molar-refractivity contribution in [2.24, 2.45) is 0 Å². The van der Waals surface area contributed by atoms with Crippen LogP contribution in [-0.2, 0) is 6.54 Å². The number of carbonyl (C=O) groups excluding carboxylic acids is 2. The summed E-state index contributed by atoms with van der Waals surface area (Å²) < 4.78 is 1.76. The minimum Gasteiger partial charge on any atom is -0.345 e. The number of Topliss-reactive ketones (excluding diaryl/α,β-unsaturated/α-hetero) is 1. The lowest BCUT2D eigenvalue weighted by molar-refractivity contribution is 0.0949. The largest absolute Gasteiger partial charge is 0.345 e. The minimum absolute atomic E-state index is 0.0292. The summed E-state index contributed by atoms with van der Waals surface area (Å²) in [6.07, 6.45) is 0. The summed E-state index contributed by atoms with van der Waals surface area (Å²) in [5, 5.41) is 13.0. The molecule has 3 aromatic carbocycles. The second kappa shape index (κ2) is 11.1. The van der Waals surface area contributed by atoms with Gasteiger partial charge in [-0.1, -0.05) is 83.0 Å². The third-order valence-corrected chi connectivity index (χ3v) is 6.49. The zero-order valence-corrected chi connectivity index (χ0v) is 20.6. The molecular weight excluding hydrogens is 515 g/mol. The smallest absolute Gasteiger partial charge is 0.253 e. The molecule has 6 nitrogen and oxygen atoms in total. The molecule has 0 aliphatic heterocycles. The second-order valence-electron chi connectivity index (χ2n) is 7.10. The van der Waals surface area contributed by atoms with E-state index in [0.29, 0.717) is 37.8 Å². The molecule has 10 heteroatoms. The lowest BCUT2D eigenvalue weighted by Crippen LogP contribution is -2.25. The van der Waals surface area contributed by atoms with E-state index in [2.05, 4.69) is 15.5 Å². The number of benzene rings is 3. The van der Waals surface area contributed by atoms with E-state index in [4.69, 9.17) is 34.8 Å². The van der Waals surface area contributed by atoms with Crippen molar-refractivity contribution < 1.29 is 9.59 Å². The number of nitrogens with zero attached hydrogens (tertiary/aromatic N) is 3. The number of hydrogen-bond donors (Lipinski definition) is 1. The lowest BCUT2D eigenvalue weighted by atomic mass is 10.2. The van der Waals surface area contributed by atoms with Crippen molar-refractivity contribution in [3.05, 3.63) is 105 Å². The molecule has 1 heterocycles. The summed E-state index contributed by atoms with van der Waals surface area (Å²) >= 11 is 19.5. The van der Waals surface area contributed by atoms with E-state index < -0.39 is 0 Å². The molecule has 0 spiro atoms. The number of rotatable bonds is 8. The van der Waals surface area contributed by atoms with Crippen LogP contribution in [0.2, 0.25) is 15.1 Å². The van der Waals surface area contributed by atoms with Gasteiger partial charge in [0.05, 0.1) is 28.6 Å². The van der Waals surface area contributed by atoms with Gasteiger partial charge in [0.15, 0.2) is 16.8 Å². The second-order valence-corrected chi connectivity index (χ2v) is 9.32. The molecule has 172 valence electrons. The Hall–Kier alpha value is -2.84. The fourth-order valence-electron chi connectivity index (χ4n) is 3.15. The van der Waals surface area contributed by atoms with Gasteiger partial charge in [-0.05, 0) is 36.4 Å². The third kappa shape index (κ3) is 5.80. The summed E-state index contributed by atoms with van der Waals surface area (Å²) in [4.78, 5) is 25.2. The molecule has 0 aliphatic carbocycles. The van der Waals surface area contributed by atoms with E-state index in [9.17, 15) is 9.59 Å². The molecule has 1 amide bonds. The minimum atomic E-state index is -0.379. The zero-order valence-electron chi connectivity index (χ0n) is 17.5. The van der Waals surface area contributed by atoms with Gasteiger partial charge >= 0.3 is 0 Å². The predicted molar refractivity (Wildman–Crippen MR) is 135 cm³/mol. The maximum Gasteiger partial charge on any atom is 0.253 e. The fraction of sp³-hybridized carbons (Fsp3) is 0.0833. The summed E-state index contributed by atoms with van der Waals surface area (Å²) in [5.74, 6) is 0.236. The molecule has 0 radical (unpaired) electrons. The molecule has 4 rings (SSSR count). The highest BCUT2D eigenvalue weighted by atomic mass is 35.5. The highest BCUT2D eigenvalue weighted by Crippen LogP contribution is 2.25. The van der Waals surface area contributed by atoms with Crippen LogP contribution in [-0.4, -0.2) is 32.2 Å². The number of ketones is 1. The van der Waals surface area contributed by atoms with Gasteiger partial charge in [0.1, 0.15) is 0 Å².